The van der Waals surface area contributed by atoms with Crippen LogP contribution in [0, 0.1) is 0 Å². The molecule has 0 bridgehead atoms. The second-order valence-corrected chi connectivity index (χ2v) is 15.1. The first kappa shape index (κ1) is 31.9. The predicted octanol–water partition coefficient (Wildman–Crippen LogP) is 13.4. The zero-order valence-electron chi connectivity index (χ0n) is 31.2. The molecule has 4 heterocycles. The Balaban J connectivity index is 1.06. The largest absolute Gasteiger partial charge is 0.313 e. The number of fused-ring (bicyclic) bond motifs is 9. The van der Waals surface area contributed by atoms with E-state index >= 15 is 0 Å². The summed E-state index contributed by atoms with van der Waals surface area (Å²) in [5, 5.41) is 6.33. The number of nitrogens with zero attached hydrogens (tertiary/aromatic N) is 4. The molecule has 0 aliphatic heterocycles. The molecule has 11 aromatic rings. The van der Waals surface area contributed by atoms with Crippen LogP contribution < -0.4 is 0 Å². The summed E-state index contributed by atoms with van der Waals surface area (Å²) in [4.78, 5) is 4.74. The minimum atomic E-state index is 0.951. The van der Waals surface area contributed by atoms with E-state index < -0.39 is 0 Å². The van der Waals surface area contributed by atoms with E-state index in [1.165, 1.54) is 88.3 Å². The van der Waals surface area contributed by atoms with Gasteiger partial charge in [0, 0.05) is 61.3 Å². The Hall–Kier alpha value is -7.43. The van der Waals surface area contributed by atoms with Crippen LogP contribution in [-0.4, -0.2) is 18.7 Å². The van der Waals surface area contributed by atoms with Crippen LogP contribution in [0.3, 0.4) is 0 Å². The van der Waals surface area contributed by atoms with Gasteiger partial charge in [0.2, 0.25) is 0 Å². The van der Waals surface area contributed by atoms with Crippen LogP contribution in [0.15, 0.2) is 188 Å². The molecule has 0 amide bonds. The highest BCUT2D eigenvalue weighted by molar-refractivity contribution is 6.12. The standard InChI is InChI=1S/C53H36N4/c1-2-14-37(15-3-1)55-51-28-25-36(33-44(51)45-34-38(27-30-52(45)55)56-47-21-8-4-16-39(47)40-17-5-9-22-48(40)56)35-26-29-53-43(32-35)41-18-6-10-23-49(41)57(53)50-24-11-7-19-42(50)46-20-12-13-31-54-46/h1-24,26-27,29-34H,25,28H2. The topological polar surface area (TPSA) is 27.7 Å². The van der Waals surface area contributed by atoms with Crippen LogP contribution in [0.1, 0.15) is 23.2 Å². The van der Waals surface area contributed by atoms with Crippen LogP contribution in [0.2, 0.25) is 0 Å². The quantitative estimate of drug-likeness (QED) is 0.173. The monoisotopic (exact) mass is 728 g/mol. The first-order valence-electron chi connectivity index (χ1n) is 19.8. The van der Waals surface area contributed by atoms with Gasteiger partial charge in [-0.05, 0) is 109 Å². The average Bonchev–Trinajstić information content (AvgIpc) is 3.92. The van der Waals surface area contributed by atoms with Gasteiger partial charge < -0.3 is 13.7 Å². The van der Waals surface area contributed by atoms with Crippen LogP contribution in [0.5, 0.6) is 0 Å². The number of allylic oxidation sites excluding steroid dienone is 1. The Labute approximate surface area is 329 Å². The van der Waals surface area contributed by atoms with Crippen LogP contribution >= 0.6 is 0 Å². The Kier molecular flexibility index (Phi) is 7.02. The molecule has 0 radical (unpaired) electrons. The third-order valence-corrected chi connectivity index (χ3v) is 12.0. The van der Waals surface area contributed by atoms with Gasteiger partial charge in [0.1, 0.15) is 0 Å². The summed E-state index contributed by atoms with van der Waals surface area (Å²) in [6, 6.07) is 66.1. The van der Waals surface area contributed by atoms with Crippen molar-refractivity contribution in [3.63, 3.8) is 0 Å². The van der Waals surface area contributed by atoms with Crippen LogP contribution in [0.4, 0.5) is 0 Å². The van der Waals surface area contributed by atoms with Gasteiger partial charge in [-0.1, -0.05) is 103 Å². The molecule has 268 valence electrons. The second kappa shape index (κ2) is 12.6. The first-order valence-corrected chi connectivity index (χ1v) is 19.8. The lowest BCUT2D eigenvalue weighted by atomic mass is 9.90. The molecule has 0 saturated heterocycles. The van der Waals surface area contributed by atoms with Gasteiger partial charge in [0.05, 0.1) is 39.0 Å². The van der Waals surface area contributed by atoms with E-state index in [2.05, 4.69) is 196 Å². The number of rotatable bonds is 5. The number of hydrogen-bond acceptors (Lipinski definition) is 1. The summed E-state index contributed by atoms with van der Waals surface area (Å²) in [7, 11) is 0. The van der Waals surface area contributed by atoms with Gasteiger partial charge in [0.15, 0.2) is 0 Å². The van der Waals surface area contributed by atoms with Crippen molar-refractivity contribution >= 4 is 66.2 Å². The molecule has 4 aromatic heterocycles. The molecule has 0 N–H and O–H groups in total. The van der Waals surface area contributed by atoms with Crippen molar-refractivity contribution in [1.29, 1.82) is 0 Å². The van der Waals surface area contributed by atoms with Crippen molar-refractivity contribution in [3.8, 4) is 28.3 Å². The Morgan fingerprint density at radius 2 is 1.02 bits per heavy atom. The lowest BCUT2D eigenvalue weighted by Gasteiger charge is -2.18. The fourth-order valence-corrected chi connectivity index (χ4v) is 9.54. The third-order valence-electron chi connectivity index (χ3n) is 12.0. The summed E-state index contributed by atoms with van der Waals surface area (Å²) in [6.45, 7) is 0. The summed E-state index contributed by atoms with van der Waals surface area (Å²) < 4.78 is 7.33. The van der Waals surface area contributed by atoms with E-state index in [0.717, 1.165) is 29.8 Å². The maximum Gasteiger partial charge on any atom is 0.0723 e. The fourth-order valence-electron chi connectivity index (χ4n) is 9.54. The van der Waals surface area contributed by atoms with Gasteiger partial charge in [-0.3, -0.25) is 4.98 Å². The molecule has 57 heavy (non-hydrogen) atoms. The maximum atomic E-state index is 4.74. The fraction of sp³-hybridized carbons (Fsp3) is 0.0377. The van der Waals surface area contributed by atoms with E-state index in [1.54, 1.807) is 0 Å². The van der Waals surface area contributed by atoms with E-state index in [9.17, 15) is 0 Å². The SMILES string of the molecule is C1=C(c2ccc3c(c2)c2ccccc2n3-c2ccccc2-c2ccccn2)CCc2c1c1cc(-n3c4ccccc4c4ccccc43)ccc1n2-c1ccccc1. The minimum absolute atomic E-state index is 0.951. The molecular formula is C53H36N4. The van der Waals surface area contributed by atoms with Crippen molar-refractivity contribution in [2.45, 2.75) is 12.8 Å². The van der Waals surface area contributed by atoms with Gasteiger partial charge in [-0.15, -0.1) is 0 Å². The molecule has 0 fully saturated rings. The number of aromatic nitrogens is 4. The molecule has 0 spiro atoms. The number of hydrogen-bond donors (Lipinski definition) is 0. The molecule has 12 rings (SSSR count). The molecule has 4 heteroatoms. The molecule has 0 atom stereocenters. The summed E-state index contributed by atoms with van der Waals surface area (Å²) >= 11 is 0. The Bertz CT molecular complexity index is 3340. The van der Waals surface area contributed by atoms with Gasteiger partial charge >= 0.3 is 0 Å². The normalized spacial score (nSPS) is 12.9. The molecule has 0 unspecified atom stereocenters. The lowest BCUT2D eigenvalue weighted by molar-refractivity contribution is 0.898. The van der Waals surface area contributed by atoms with E-state index in [1.807, 2.05) is 12.3 Å². The summed E-state index contributed by atoms with van der Waals surface area (Å²) in [5.74, 6) is 0. The number of para-hydroxylation sites is 5. The molecule has 4 nitrogen and oxygen atoms in total. The molecule has 0 saturated carbocycles. The van der Waals surface area contributed by atoms with Gasteiger partial charge in [-0.2, -0.15) is 0 Å². The number of benzene rings is 7. The van der Waals surface area contributed by atoms with Crippen molar-refractivity contribution < 1.29 is 0 Å². The highest BCUT2D eigenvalue weighted by Crippen LogP contribution is 2.42. The molecule has 7 aromatic carbocycles. The smallest absolute Gasteiger partial charge is 0.0723 e. The lowest BCUT2D eigenvalue weighted by Crippen LogP contribution is -2.05. The summed E-state index contributed by atoms with van der Waals surface area (Å²) in [5.41, 5.74) is 17.0. The first-order chi connectivity index (χ1) is 28.3. The van der Waals surface area contributed by atoms with Gasteiger partial charge in [-0.25, -0.2) is 0 Å². The number of pyridine rings is 1. The van der Waals surface area contributed by atoms with Crippen molar-refractivity contribution in [2.24, 2.45) is 0 Å². The van der Waals surface area contributed by atoms with Crippen LogP contribution in [0.25, 0.3) is 94.5 Å². The zero-order chi connectivity index (χ0) is 37.5. The van der Waals surface area contributed by atoms with E-state index in [4.69, 9.17) is 4.98 Å². The molecule has 1 aliphatic carbocycles. The Morgan fingerprint density at radius 3 is 1.77 bits per heavy atom. The molecular weight excluding hydrogens is 693 g/mol. The highest BCUT2D eigenvalue weighted by Gasteiger charge is 2.24. The van der Waals surface area contributed by atoms with Crippen LogP contribution in [-0.2, 0) is 6.42 Å². The van der Waals surface area contributed by atoms with Crippen molar-refractivity contribution in [3.05, 3.63) is 205 Å². The molecule has 1 aliphatic rings. The van der Waals surface area contributed by atoms with Crippen molar-refractivity contribution in [1.82, 2.24) is 18.7 Å². The highest BCUT2D eigenvalue weighted by atomic mass is 15.0. The predicted molar refractivity (Wildman–Crippen MR) is 238 cm³/mol. The van der Waals surface area contributed by atoms with Crippen molar-refractivity contribution in [2.75, 3.05) is 0 Å². The van der Waals surface area contributed by atoms with E-state index in [0.29, 0.717) is 0 Å². The third kappa shape index (κ3) is 4.84. The summed E-state index contributed by atoms with van der Waals surface area (Å²) in [6.07, 6.45) is 6.26. The zero-order valence-corrected chi connectivity index (χ0v) is 31.2. The van der Waals surface area contributed by atoms with Gasteiger partial charge in [0.25, 0.3) is 0 Å². The second-order valence-electron chi connectivity index (χ2n) is 15.1. The van der Waals surface area contributed by atoms with E-state index in [-0.39, 0.29) is 0 Å². The maximum absolute atomic E-state index is 4.74. The Morgan fingerprint density at radius 1 is 0.404 bits per heavy atom. The minimum Gasteiger partial charge on any atom is -0.313 e. The average molecular weight is 729 g/mol.